The van der Waals surface area contributed by atoms with Crippen LogP contribution >= 0.6 is 0 Å². The minimum Gasteiger partial charge on any atom is -0.396 e. The number of rotatable bonds is 10. The third-order valence-corrected chi connectivity index (χ3v) is 1.96. The van der Waals surface area contributed by atoms with Gasteiger partial charge in [-0.15, -0.1) is 0 Å². The smallest absolute Gasteiger partial charge is 0.0518 e. The first-order valence-corrected chi connectivity index (χ1v) is 5.70. The van der Waals surface area contributed by atoms with E-state index in [4.69, 9.17) is 9.84 Å². The summed E-state index contributed by atoms with van der Waals surface area (Å²) in [6.07, 6.45) is 4.63. The van der Waals surface area contributed by atoms with Gasteiger partial charge in [-0.25, -0.2) is 0 Å². The molecule has 3 heteroatoms. The quantitative estimate of drug-likeness (QED) is 0.529. The second-order valence-corrected chi connectivity index (χ2v) is 3.81. The largest absolute Gasteiger partial charge is 0.396 e. The van der Waals surface area contributed by atoms with Gasteiger partial charge in [0.1, 0.15) is 0 Å². The van der Waals surface area contributed by atoms with Crippen LogP contribution in [0, 0.1) is 0 Å². The first-order valence-electron chi connectivity index (χ1n) is 5.70. The van der Waals surface area contributed by atoms with E-state index in [9.17, 15) is 0 Å². The average Bonchev–Trinajstić information content (AvgIpc) is 2.15. The molecule has 0 spiro atoms. The van der Waals surface area contributed by atoms with Crippen LogP contribution in [0.15, 0.2) is 0 Å². The van der Waals surface area contributed by atoms with E-state index in [0.29, 0.717) is 12.7 Å². The van der Waals surface area contributed by atoms with Crippen molar-refractivity contribution in [2.24, 2.45) is 0 Å². The van der Waals surface area contributed by atoms with Crippen molar-refractivity contribution in [2.45, 2.75) is 45.6 Å². The summed E-state index contributed by atoms with van der Waals surface area (Å²) >= 11 is 0. The third-order valence-electron chi connectivity index (χ3n) is 1.96. The predicted molar refractivity (Wildman–Crippen MR) is 59.5 cm³/mol. The lowest BCUT2D eigenvalue weighted by Gasteiger charge is -2.07. The highest BCUT2D eigenvalue weighted by atomic mass is 16.5. The maximum atomic E-state index is 8.55. The number of nitrogens with one attached hydrogen (secondary N) is 1. The first kappa shape index (κ1) is 13.9. The molecule has 3 nitrogen and oxygen atoms in total. The Morgan fingerprint density at radius 3 is 2.29 bits per heavy atom. The fourth-order valence-electron chi connectivity index (χ4n) is 1.16. The molecule has 0 aromatic carbocycles. The molecule has 2 N–H and O–H groups in total. The van der Waals surface area contributed by atoms with Crippen molar-refractivity contribution >= 4 is 0 Å². The van der Waals surface area contributed by atoms with Crippen molar-refractivity contribution < 1.29 is 9.84 Å². The SMILES string of the molecule is CC(C)OCCCCNCCCCO. The average molecular weight is 203 g/mol. The first-order chi connectivity index (χ1) is 6.77. The molecule has 86 valence electrons. The summed E-state index contributed by atoms with van der Waals surface area (Å²) in [5.74, 6) is 0. The van der Waals surface area contributed by atoms with Crippen molar-refractivity contribution in [3.05, 3.63) is 0 Å². The van der Waals surface area contributed by atoms with Crippen molar-refractivity contribution in [1.82, 2.24) is 5.32 Å². The summed E-state index contributed by atoms with van der Waals surface area (Å²) in [7, 11) is 0. The molecule has 0 aliphatic heterocycles. The van der Waals surface area contributed by atoms with Crippen LogP contribution in [0.25, 0.3) is 0 Å². The molecule has 14 heavy (non-hydrogen) atoms. The maximum Gasteiger partial charge on any atom is 0.0518 e. The molecule has 0 aliphatic carbocycles. The molecule has 0 bridgehead atoms. The van der Waals surface area contributed by atoms with Gasteiger partial charge in [0, 0.05) is 13.2 Å². The highest BCUT2D eigenvalue weighted by Crippen LogP contribution is 1.93. The van der Waals surface area contributed by atoms with Gasteiger partial charge >= 0.3 is 0 Å². The Balaban J connectivity index is 2.85. The minimum atomic E-state index is 0.309. The molecule has 0 radical (unpaired) electrons. The molecule has 0 saturated heterocycles. The van der Waals surface area contributed by atoms with Crippen molar-refractivity contribution in [1.29, 1.82) is 0 Å². The Morgan fingerprint density at radius 2 is 1.71 bits per heavy atom. The molecule has 0 atom stereocenters. The maximum absolute atomic E-state index is 8.55. The third kappa shape index (κ3) is 11.9. The Kier molecular flexibility index (Phi) is 10.9. The lowest BCUT2D eigenvalue weighted by Crippen LogP contribution is -2.17. The number of ether oxygens (including phenoxy) is 1. The number of aliphatic hydroxyl groups excluding tert-OH is 1. The number of hydrogen-bond donors (Lipinski definition) is 2. The Bertz CT molecular complexity index is 107. The molecule has 0 aromatic heterocycles. The number of aliphatic hydroxyl groups is 1. The molecule has 0 aromatic rings. The molecule has 0 amide bonds. The molecule has 0 fully saturated rings. The summed E-state index contributed by atoms with van der Waals surface area (Å²) in [5, 5.41) is 11.9. The molecule has 0 saturated carbocycles. The normalized spacial score (nSPS) is 11.1. The van der Waals surface area contributed by atoms with Crippen LogP contribution in [0.4, 0.5) is 0 Å². The van der Waals surface area contributed by atoms with Gasteiger partial charge < -0.3 is 15.2 Å². The monoisotopic (exact) mass is 203 g/mol. The van der Waals surface area contributed by atoms with E-state index < -0.39 is 0 Å². The Hall–Kier alpha value is -0.120. The standard InChI is InChI=1S/C11H25NO2/c1-11(2)14-10-6-4-8-12-7-3-5-9-13/h11-13H,3-10H2,1-2H3. The van der Waals surface area contributed by atoms with E-state index in [1.807, 2.05) is 0 Å². The van der Waals surface area contributed by atoms with E-state index in [0.717, 1.165) is 39.0 Å². The van der Waals surface area contributed by atoms with Crippen LogP contribution in [0.1, 0.15) is 39.5 Å². The summed E-state index contributed by atoms with van der Waals surface area (Å²) in [4.78, 5) is 0. The lowest BCUT2D eigenvalue weighted by atomic mass is 10.3. The highest BCUT2D eigenvalue weighted by Gasteiger charge is 1.93. The zero-order valence-corrected chi connectivity index (χ0v) is 9.59. The van der Waals surface area contributed by atoms with E-state index >= 15 is 0 Å². The Morgan fingerprint density at radius 1 is 1.07 bits per heavy atom. The Labute approximate surface area is 87.8 Å². The zero-order chi connectivity index (χ0) is 10.6. The second kappa shape index (κ2) is 11.0. The molecule has 0 rings (SSSR count). The summed E-state index contributed by atoms with van der Waals surface area (Å²) in [6, 6.07) is 0. The number of unbranched alkanes of at least 4 members (excludes halogenated alkanes) is 2. The summed E-state index contributed by atoms with van der Waals surface area (Å²) in [5.41, 5.74) is 0. The molecular weight excluding hydrogens is 178 g/mol. The topological polar surface area (TPSA) is 41.5 Å². The van der Waals surface area contributed by atoms with Gasteiger partial charge in [0.25, 0.3) is 0 Å². The second-order valence-electron chi connectivity index (χ2n) is 3.81. The van der Waals surface area contributed by atoms with Gasteiger partial charge in [0.15, 0.2) is 0 Å². The van der Waals surface area contributed by atoms with E-state index in [2.05, 4.69) is 19.2 Å². The zero-order valence-electron chi connectivity index (χ0n) is 9.59. The summed E-state index contributed by atoms with van der Waals surface area (Å²) < 4.78 is 5.43. The van der Waals surface area contributed by atoms with E-state index in [1.54, 1.807) is 0 Å². The van der Waals surface area contributed by atoms with Gasteiger partial charge in [-0.1, -0.05) is 0 Å². The molecule has 0 unspecified atom stereocenters. The van der Waals surface area contributed by atoms with Gasteiger partial charge in [0.05, 0.1) is 6.10 Å². The van der Waals surface area contributed by atoms with Crippen LogP contribution in [-0.4, -0.2) is 37.5 Å². The highest BCUT2D eigenvalue weighted by molar-refractivity contribution is 4.49. The lowest BCUT2D eigenvalue weighted by molar-refractivity contribution is 0.0760. The minimum absolute atomic E-state index is 0.309. The van der Waals surface area contributed by atoms with Gasteiger partial charge in [-0.05, 0) is 52.6 Å². The fourth-order valence-corrected chi connectivity index (χ4v) is 1.16. The van der Waals surface area contributed by atoms with Crippen LogP contribution in [0.5, 0.6) is 0 Å². The van der Waals surface area contributed by atoms with Crippen LogP contribution < -0.4 is 5.32 Å². The molecule has 0 aliphatic rings. The van der Waals surface area contributed by atoms with Gasteiger partial charge in [-0.2, -0.15) is 0 Å². The van der Waals surface area contributed by atoms with Crippen LogP contribution in [0.3, 0.4) is 0 Å². The van der Waals surface area contributed by atoms with E-state index in [1.165, 1.54) is 6.42 Å². The van der Waals surface area contributed by atoms with Gasteiger partial charge in [0.2, 0.25) is 0 Å². The van der Waals surface area contributed by atoms with Crippen LogP contribution in [-0.2, 0) is 4.74 Å². The van der Waals surface area contributed by atoms with E-state index in [-0.39, 0.29) is 0 Å². The molecule has 0 heterocycles. The van der Waals surface area contributed by atoms with Crippen LogP contribution in [0.2, 0.25) is 0 Å². The van der Waals surface area contributed by atoms with Crippen molar-refractivity contribution in [3.63, 3.8) is 0 Å². The molecular formula is C11H25NO2. The van der Waals surface area contributed by atoms with Crippen molar-refractivity contribution in [3.8, 4) is 0 Å². The predicted octanol–water partition coefficient (Wildman–Crippen LogP) is 1.55. The van der Waals surface area contributed by atoms with Gasteiger partial charge in [-0.3, -0.25) is 0 Å². The summed E-state index contributed by atoms with van der Waals surface area (Å²) in [6.45, 7) is 7.39. The fraction of sp³-hybridized carbons (Fsp3) is 1.00. The van der Waals surface area contributed by atoms with Crippen molar-refractivity contribution in [2.75, 3.05) is 26.3 Å². The number of hydrogen-bond acceptors (Lipinski definition) is 3.